The number of amides is 1. The topological polar surface area (TPSA) is 145 Å². The summed E-state index contributed by atoms with van der Waals surface area (Å²) in [7, 11) is 4.33. The van der Waals surface area contributed by atoms with Gasteiger partial charge in [0.25, 0.3) is 11.5 Å². The van der Waals surface area contributed by atoms with Crippen molar-refractivity contribution in [1.29, 1.82) is 0 Å². The fourth-order valence-corrected chi connectivity index (χ4v) is 5.79. The molecular weight excluding hydrogens is 574 g/mol. The van der Waals surface area contributed by atoms with Gasteiger partial charge in [0.05, 0.1) is 24.4 Å². The van der Waals surface area contributed by atoms with Crippen LogP contribution < -0.4 is 26.6 Å². The van der Waals surface area contributed by atoms with E-state index in [0.29, 0.717) is 33.4 Å². The fourth-order valence-electron chi connectivity index (χ4n) is 5.47. The predicted octanol–water partition coefficient (Wildman–Crippen LogP) is 3.70. The molecule has 11 nitrogen and oxygen atoms in total. The molecule has 222 valence electrons. The summed E-state index contributed by atoms with van der Waals surface area (Å²) in [5.41, 5.74) is 4.48. The minimum atomic E-state index is -0.934. The van der Waals surface area contributed by atoms with Gasteiger partial charge in [-0.2, -0.15) is 0 Å². The number of benzene rings is 2. The van der Waals surface area contributed by atoms with Crippen molar-refractivity contribution in [2.24, 2.45) is 14.1 Å². The molecule has 0 spiro atoms. The lowest BCUT2D eigenvalue weighted by Crippen LogP contribution is -2.40. The van der Waals surface area contributed by atoms with E-state index in [1.54, 1.807) is 12.1 Å². The van der Waals surface area contributed by atoms with E-state index in [-0.39, 0.29) is 18.2 Å². The second-order valence-corrected chi connectivity index (χ2v) is 10.7. The average Bonchev–Trinajstić information content (AvgIpc) is 3.40. The molecule has 1 atom stereocenters. The zero-order valence-corrected chi connectivity index (χ0v) is 24.8. The number of aliphatic carboxylic acids is 1. The first kappa shape index (κ1) is 29.7. The largest absolute Gasteiger partial charge is 0.481 e. The third kappa shape index (κ3) is 5.56. The molecule has 2 heterocycles. The summed E-state index contributed by atoms with van der Waals surface area (Å²) in [5.74, 6) is -1.16. The zero-order valence-electron chi connectivity index (χ0n) is 24.0. The van der Waals surface area contributed by atoms with Gasteiger partial charge in [-0.1, -0.05) is 41.9 Å². The first-order valence-electron chi connectivity index (χ1n) is 13.5. The summed E-state index contributed by atoms with van der Waals surface area (Å²) in [4.78, 5) is 53.5. The highest BCUT2D eigenvalue weighted by atomic mass is 35.5. The summed E-state index contributed by atoms with van der Waals surface area (Å²) < 4.78 is 7.69. The maximum Gasteiger partial charge on any atom is 0.330 e. The van der Waals surface area contributed by atoms with Crippen LogP contribution in [0.25, 0.3) is 22.4 Å². The SMILES string of the molecule is COc1nc(-c2cccc(-c3cccc(NC(=O)c4cn(C)c(=O)n(C)c4=O)c3C)c2Cl)cc2c1C(NCC(=O)O)CC2. The Bertz CT molecular complexity index is 1900. The number of fused-ring (bicyclic) bond motifs is 1. The number of carbonyl (C=O) groups excluding carboxylic acids is 1. The molecule has 0 saturated carbocycles. The second kappa shape index (κ2) is 11.9. The molecule has 1 aliphatic rings. The van der Waals surface area contributed by atoms with Gasteiger partial charge in [0.15, 0.2) is 0 Å². The standard InChI is InChI=1S/C31H30ClN5O6/c1-16-18(7-6-10-22(16)34-28(40)21-15-36(2)31(42)37(3)30(21)41)19-8-5-9-20(27(19)32)24-13-17-11-12-23(33-14-25(38)39)26(17)29(35-24)43-4/h5-10,13,15,23,33H,11-12,14H2,1-4H3,(H,34,40)(H,38,39). The Morgan fingerprint density at radius 3 is 2.53 bits per heavy atom. The normalized spacial score (nSPS) is 13.9. The van der Waals surface area contributed by atoms with E-state index in [4.69, 9.17) is 26.4 Å². The van der Waals surface area contributed by atoms with Crippen LogP contribution >= 0.6 is 11.6 Å². The van der Waals surface area contributed by atoms with Crippen molar-refractivity contribution in [3.8, 4) is 28.3 Å². The number of hydrogen-bond donors (Lipinski definition) is 3. The molecule has 43 heavy (non-hydrogen) atoms. The van der Waals surface area contributed by atoms with Gasteiger partial charge in [0.1, 0.15) is 5.56 Å². The third-order valence-corrected chi connectivity index (χ3v) is 8.10. The number of carboxylic acid groups (broad SMARTS) is 1. The molecular formula is C31H30ClN5O6. The first-order valence-corrected chi connectivity index (χ1v) is 13.9. The van der Waals surface area contributed by atoms with Crippen LogP contribution in [0.1, 0.15) is 39.5 Å². The zero-order chi connectivity index (χ0) is 31.0. The number of aryl methyl sites for hydroxylation is 2. The molecule has 2 aromatic heterocycles. The Hall–Kier alpha value is -4.74. The Morgan fingerprint density at radius 2 is 1.81 bits per heavy atom. The number of aromatic nitrogens is 3. The van der Waals surface area contributed by atoms with E-state index in [1.807, 2.05) is 37.3 Å². The number of carbonyl (C=O) groups is 2. The molecule has 12 heteroatoms. The van der Waals surface area contributed by atoms with Gasteiger partial charge in [-0.3, -0.25) is 24.3 Å². The van der Waals surface area contributed by atoms with E-state index >= 15 is 0 Å². The number of anilines is 1. The molecule has 0 aliphatic heterocycles. The molecule has 0 saturated heterocycles. The third-order valence-electron chi connectivity index (χ3n) is 7.69. The Labute approximate surface area is 251 Å². The van der Waals surface area contributed by atoms with E-state index in [0.717, 1.165) is 39.7 Å². The summed E-state index contributed by atoms with van der Waals surface area (Å²) >= 11 is 7.01. The van der Waals surface area contributed by atoms with Crippen LogP contribution in [-0.4, -0.2) is 44.8 Å². The smallest absolute Gasteiger partial charge is 0.330 e. The lowest BCUT2D eigenvalue weighted by molar-refractivity contribution is -0.136. The van der Waals surface area contributed by atoms with Gasteiger partial charge in [-0.05, 0) is 48.6 Å². The Kier molecular flexibility index (Phi) is 8.21. The molecule has 5 rings (SSSR count). The number of carboxylic acids is 1. The first-order chi connectivity index (χ1) is 20.5. The lowest BCUT2D eigenvalue weighted by atomic mass is 9.96. The number of ether oxygens (including phenoxy) is 1. The number of rotatable bonds is 8. The second-order valence-electron chi connectivity index (χ2n) is 10.4. The van der Waals surface area contributed by atoms with Crippen LogP contribution in [0.2, 0.25) is 5.02 Å². The summed E-state index contributed by atoms with van der Waals surface area (Å²) in [6.07, 6.45) is 2.68. The fraction of sp³-hybridized carbons (Fsp3) is 0.258. The van der Waals surface area contributed by atoms with Crippen molar-refractivity contribution in [2.75, 3.05) is 19.0 Å². The summed E-state index contributed by atoms with van der Waals surface area (Å²) in [6, 6.07) is 12.8. The quantitative estimate of drug-likeness (QED) is 0.276. The van der Waals surface area contributed by atoms with E-state index < -0.39 is 23.1 Å². The molecule has 1 amide bonds. The van der Waals surface area contributed by atoms with Crippen molar-refractivity contribution >= 4 is 29.2 Å². The van der Waals surface area contributed by atoms with Crippen molar-refractivity contribution < 1.29 is 19.4 Å². The number of pyridine rings is 1. The number of nitrogens with zero attached hydrogens (tertiary/aromatic N) is 3. The van der Waals surface area contributed by atoms with Gasteiger partial charge in [-0.15, -0.1) is 0 Å². The monoisotopic (exact) mass is 603 g/mol. The lowest BCUT2D eigenvalue weighted by Gasteiger charge is -2.18. The van der Waals surface area contributed by atoms with Gasteiger partial charge in [-0.25, -0.2) is 9.78 Å². The van der Waals surface area contributed by atoms with Crippen molar-refractivity contribution in [3.05, 3.63) is 96.8 Å². The van der Waals surface area contributed by atoms with Crippen molar-refractivity contribution in [2.45, 2.75) is 25.8 Å². The van der Waals surface area contributed by atoms with Crippen molar-refractivity contribution in [3.63, 3.8) is 0 Å². The summed E-state index contributed by atoms with van der Waals surface area (Å²) in [6.45, 7) is 1.68. The van der Waals surface area contributed by atoms with Crippen molar-refractivity contribution in [1.82, 2.24) is 19.4 Å². The van der Waals surface area contributed by atoms with Gasteiger partial charge >= 0.3 is 11.7 Å². The highest BCUT2D eigenvalue weighted by Gasteiger charge is 2.29. The number of nitrogens with one attached hydrogen (secondary N) is 2. The van der Waals surface area contributed by atoms with E-state index in [9.17, 15) is 19.2 Å². The van der Waals surface area contributed by atoms with Crippen LogP contribution in [-0.2, 0) is 25.3 Å². The molecule has 4 aromatic rings. The molecule has 0 radical (unpaired) electrons. The molecule has 2 aromatic carbocycles. The van der Waals surface area contributed by atoms with Crippen LogP contribution in [0.15, 0.2) is 58.3 Å². The van der Waals surface area contributed by atoms with Gasteiger partial charge < -0.3 is 19.7 Å². The number of halogens is 1. The number of methoxy groups -OCH3 is 1. The minimum Gasteiger partial charge on any atom is -0.481 e. The van der Waals surface area contributed by atoms with E-state index in [1.165, 1.54) is 32.0 Å². The van der Waals surface area contributed by atoms with Gasteiger partial charge in [0.2, 0.25) is 5.88 Å². The van der Waals surface area contributed by atoms with Crippen LogP contribution in [0, 0.1) is 6.92 Å². The Morgan fingerprint density at radius 1 is 1.12 bits per heavy atom. The highest BCUT2D eigenvalue weighted by molar-refractivity contribution is 6.36. The van der Waals surface area contributed by atoms with E-state index in [2.05, 4.69) is 10.6 Å². The maximum atomic E-state index is 13.1. The van der Waals surface area contributed by atoms with Gasteiger partial charge in [0, 0.05) is 48.7 Å². The van der Waals surface area contributed by atoms with Crippen LogP contribution in [0.4, 0.5) is 5.69 Å². The summed E-state index contributed by atoms with van der Waals surface area (Å²) in [5, 5.41) is 15.4. The highest BCUT2D eigenvalue weighted by Crippen LogP contribution is 2.43. The molecule has 3 N–H and O–H groups in total. The maximum absolute atomic E-state index is 13.1. The Balaban J connectivity index is 1.50. The molecule has 1 aliphatic carbocycles. The molecule has 0 bridgehead atoms. The molecule has 0 fully saturated rings. The predicted molar refractivity (Wildman–Crippen MR) is 163 cm³/mol. The molecule has 1 unspecified atom stereocenters. The van der Waals surface area contributed by atoms with Crippen LogP contribution in [0.3, 0.4) is 0 Å². The van der Waals surface area contributed by atoms with Crippen LogP contribution in [0.5, 0.6) is 5.88 Å². The minimum absolute atomic E-state index is 0.161. The average molecular weight is 604 g/mol. The number of hydrogen-bond acceptors (Lipinski definition) is 7.